The fraction of sp³-hybridized carbons (Fsp3) is 0.0588. The molecule has 1 aliphatic heterocycles. The van der Waals surface area contributed by atoms with Crippen LogP contribution in [0.5, 0.6) is 0 Å². The van der Waals surface area contributed by atoms with E-state index in [1.807, 2.05) is 48.5 Å². The number of anilines is 6. The minimum Gasteiger partial charge on any atom is -0.397 e. The van der Waals surface area contributed by atoms with E-state index in [9.17, 15) is 0 Å². The van der Waals surface area contributed by atoms with Gasteiger partial charge in [-0.25, -0.2) is 0 Å². The van der Waals surface area contributed by atoms with Crippen molar-refractivity contribution in [1.29, 1.82) is 0 Å². The van der Waals surface area contributed by atoms with Gasteiger partial charge in [-0.2, -0.15) is 0 Å². The number of nitrogens with one attached hydrogen (secondary N) is 1. The van der Waals surface area contributed by atoms with Gasteiger partial charge in [0.25, 0.3) is 0 Å². The summed E-state index contributed by atoms with van der Waals surface area (Å²) in [5.74, 6) is 0. The Labute approximate surface area is 325 Å². The van der Waals surface area contributed by atoms with E-state index < -0.39 is 19.1 Å². The number of rotatable bonds is 5. The van der Waals surface area contributed by atoms with Gasteiger partial charge in [-0.15, -0.1) is 0 Å². The number of para-hydroxylation sites is 6. The highest BCUT2D eigenvalue weighted by atomic mass is 15.2. The van der Waals surface area contributed by atoms with Crippen molar-refractivity contribution in [3.63, 3.8) is 0 Å². The first kappa shape index (κ1) is 26.0. The highest BCUT2D eigenvalue weighted by Crippen LogP contribution is 2.63. The fourth-order valence-electron chi connectivity index (χ4n) is 8.83. The molecular formula is C51H39N3. The highest BCUT2D eigenvalue weighted by molar-refractivity contribution is 5.99. The van der Waals surface area contributed by atoms with Crippen molar-refractivity contribution in [3.05, 3.63) is 215 Å². The van der Waals surface area contributed by atoms with Crippen LogP contribution in [-0.2, 0) is 5.41 Å². The lowest BCUT2D eigenvalue weighted by Crippen LogP contribution is -2.36. The summed E-state index contributed by atoms with van der Waals surface area (Å²) >= 11 is 0. The minimum atomic E-state index is -2.53. The molecule has 2 aliphatic rings. The molecule has 0 saturated carbocycles. The van der Waals surface area contributed by atoms with E-state index in [1.54, 1.807) is 12.1 Å². The Kier molecular flexibility index (Phi) is 5.97. The van der Waals surface area contributed by atoms with Crippen LogP contribution in [0.4, 0.5) is 34.1 Å². The van der Waals surface area contributed by atoms with Crippen molar-refractivity contribution < 1.29 is 8.22 Å². The van der Waals surface area contributed by atoms with Crippen molar-refractivity contribution in [1.82, 2.24) is 0 Å². The third kappa shape index (κ3) is 4.75. The summed E-state index contributed by atoms with van der Waals surface area (Å²) in [5, 5.41) is 3.62. The average Bonchev–Trinajstić information content (AvgIpc) is 3.54. The lowest BCUT2D eigenvalue weighted by molar-refractivity contribution is 0.753. The molecule has 10 rings (SSSR count). The lowest BCUT2D eigenvalue weighted by atomic mass is 9.64. The molecule has 0 atom stereocenters. The van der Waals surface area contributed by atoms with Crippen molar-refractivity contribution in [2.24, 2.45) is 0 Å². The topological polar surface area (TPSA) is 41.3 Å². The standard InChI is InChI=1S/C51H39N3/c1-33-29-34(2)31-36(30-33)39-19-14-18-38(50(39)53-47-24-11-10-23-46(47)52)35-27-28-41-40-17-6-7-20-42(40)51(45(41)32-35)43-21-8-12-25-48(43)54(37-15-4-3-5-16-37)49-26-13-9-22-44(49)51/h3-32,53H,52H2,1-2H3/i1D3,2D3. The summed E-state index contributed by atoms with van der Waals surface area (Å²) in [5.41, 5.74) is 20.7. The average molecular weight is 700 g/mol. The van der Waals surface area contributed by atoms with Crippen LogP contribution >= 0.6 is 0 Å². The minimum absolute atomic E-state index is 0.0434. The van der Waals surface area contributed by atoms with E-state index >= 15 is 0 Å². The number of nitrogens with two attached hydrogens (primary N) is 1. The predicted octanol–water partition coefficient (Wildman–Crippen LogP) is 13.1. The molecule has 0 unspecified atom stereocenters. The van der Waals surface area contributed by atoms with E-state index in [4.69, 9.17) is 14.0 Å². The molecule has 8 aromatic rings. The first-order valence-electron chi connectivity index (χ1n) is 21.1. The van der Waals surface area contributed by atoms with E-state index in [0.29, 0.717) is 28.2 Å². The Morgan fingerprint density at radius 1 is 0.481 bits per heavy atom. The molecule has 1 spiro atoms. The van der Waals surface area contributed by atoms with E-state index in [-0.39, 0.29) is 11.1 Å². The Balaban J connectivity index is 1.25. The van der Waals surface area contributed by atoms with Crippen LogP contribution in [0.1, 0.15) is 41.6 Å². The molecule has 0 fully saturated rings. The normalized spacial score (nSPS) is 15.3. The quantitative estimate of drug-likeness (QED) is 0.176. The van der Waals surface area contributed by atoms with Gasteiger partial charge >= 0.3 is 0 Å². The van der Waals surface area contributed by atoms with E-state index in [1.165, 1.54) is 28.3 Å². The second-order valence-corrected chi connectivity index (χ2v) is 14.0. The number of benzene rings is 8. The summed E-state index contributed by atoms with van der Waals surface area (Å²) in [6, 6.07) is 61.0. The van der Waals surface area contributed by atoms with Gasteiger partial charge in [0, 0.05) is 25.0 Å². The van der Waals surface area contributed by atoms with Crippen LogP contribution in [0.15, 0.2) is 182 Å². The van der Waals surface area contributed by atoms with Crippen LogP contribution in [0.2, 0.25) is 0 Å². The third-order valence-electron chi connectivity index (χ3n) is 11.0. The van der Waals surface area contributed by atoms with Gasteiger partial charge in [0.15, 0.2) is 0 Å². The maximum atomic E-state index is 8.27. The summed E-state index contributed by atoms with van der Waals surface area (Å²) in [7, 11) is 0. The molecule has 3 heteroatoms. The van der Waals surface area contributed by atoms with Crippen molar-refractivity contribution in [2.75, 3.05) is 16.0 Å². The van der Waals surface area contributed by atoms with Crippen molar-refractivity contribution in [3.8, 4) is 33.4 Å². The van der Waals surface area contributed by atoms with Gasteiger partial charge in [0.2, 0.25) is 0 Å². The highest BCUT2D eigenvalue weighted by Gasteiger charge is 2.51. The molecule has 0 saturated heterocycles. The molecule has 54 heavy (non-hydrogen) atoms. The van der Waals surface area contributed by atoms with Crippen LogP contribution in [0.25, 0.3) is 33.4 Å². The number of nitrogen functional groups attached to an aromatic ring is 1. The Morgan fingerprint density at radius 2 is 1.06 bits per heavy atom. The van der Waals surface area contributed by atoms with Gasteiger partial charge in [0.1, 0.15) is 0 Å². The van der Waals surface area contributed by atoms with Gasteiger partial charge in [-0.1, -0.05) is 151 Å². The summed E-state index contributed by atoms with van der Waals surface area (Å²) in [4.78, 5) is 2.36. The zero-order valence-corrected chi connectivity index (χ0v) is 29.3. The van der Waals surface area contributed by atoms with Crippen molar-refractivity contribution in [2.45, 2.75) is 19.1 Å². The van der Waals surface area contributed by atoms with E-state index in [0.717, 1.165) is 39.3 Å². The molecule has 0 radical (unpaired) electrons. The zero-order chi connectivity index (χ0) is 41.4. The molecule has 0 aromatic heterocycles. The van der Waals surface area contributed by atoms with Crippen LogP contribution in [0, 0.1) is 13.7 Å². The number of fused-ring (bicyclic) bond motifs is 9. The third-order valence-corrected chi connectivity index (χ3v) is 11.0. The van der Waals surface area contributed by atoms with Gasteiger partial charge < -0.3 is 16.0 Å². The zero-order valence-electron chi connectivity index (χ0n) is 35.3. The Bertz CT molecular complexity index is 2890. The number of hydrogen-bond acceptors (Lipinski definition) is 3. The van der Waals surface area contributed by atoms with Gasteiger partial charge in [0.05, 0.1) is 33.9 Å². The largest absolute Gasteiger partial charge is 0.397 e. The smallest absolute Gasteiger partial charge is 0.0754 e. The second-order valence-electron chi connectivity index (χ2n) is 14.0. The number of hydrogen-bond donors (Lipinski definition) is 2. The summed E-state index contributed by atoms with van der Waals surface area (Å²) in [6.45, 7) is -5.06. The lowest BCUT2D eigenvalue weighted by Gasteiger charge is -2.45. The molecule has 1 aliphatic carbocycles. The summed E-state index contributed by atoms with van der Waals surface area (Å²) < 4.78 is 49.6. The maximum Gasteiger partial charge on any atom is 0.0754 e. The summed E-state index contributed by atoms with van der Waals surface area (Å²) in [6.07, 6.45) is 0. The first-order chi connectivity index (χ1) is 28.9. The monoisotopic (exact) mass is 699 g/mol. The van der Waals surface area contributed by atoms with Gasteiger partial charge in [-0.05, 0) is 101 Å². The second kappa shape index (κ2) is 12.4. The van der Waals surface area contributed by atoms with Crippen LogP contribution in [0.3, 0.4) is 0 Å². The molecule has 0 bridgehead atoms. The molecular weight excluding hydrogens is 655 g/mol. The molecule has 3 nitrogen and oxygen atoms in total. The van der Waals surface area contributed by atoms with Gasteiger partial charge in [-0.3, -0.25) is 0 Å². The van der Waals surface area contributed by atoms with E-state index in [2.05, 4.69) is 125 Å². The Hall–Kier alpha value is -6.84. The fourth-order valence-corrected chi connectivity index (χ4v) is 8.83. The Morgan fingerprint density at radius 3 is 1.76 bits per heavy atom. The molecule has 1 heterocycles. The number of nitrogens with zero attached hydrogens (tertiary/aromatic N) is 1. The molecule has 3 N–H and O–H groups in total. The van der Waals surface area contributed by atoms with Crippen LogP contribution in [-0.4, -0.2) is 0 Å². The SMILES string of the molecule is [2H]C([2H])([2H])c1cc(-c2cccc(-c3ccc4c(c3)C3(c5ccccc5-4)c4ccccc4N(c4ccccc4)c4ccccc43)c2Nc2ccccc2N)cc(C([2H])([2H])[2H])c1. The number of aryl methyl sites for hydroxylation is 2. The molecule has 8 aromatic carbocycles. The predicted molar refractivity (Wildman–Crippen MR) is 226 cm³/mol. The van der Waals surface area contributed by atoms with Crippen molar-refractivity contribution >= 4 is 34.1 Å². The molecule has 0 amide bonds. The van der Waals surface area contributed by atoms with Crippen LogP contribution < -0.4 is 16.0 Å². The molecule has 258 valence electrons. The maximum absolute atomic E-state index is 8.27. The first-order valence-corrected chi connectivity index (χ1v) is 18.1.